The lowest BCUT2D eigenvalue weighted by Gasteiger charge is -2.27. The molecule has 0 N–H and O–H groups in total. The number of hydrogen-bond donors (Lipinski definition) is 0. The molecule has 8 heteroatoms. The van der Waals surface area contributed by atoms with Gasteiger partial charge in [-0.15, -0.1) is 0 Å². The fourth-order valence-corrected chi connectivity index (χ4v) is 5.03. The monoisotopic (exact) mass is 472 g/mol. The molecule has 0 saturated carbocycles. The molecule has 170 valence electrons. The fourth-order valence-electron chi connectivity index (χ4n) is 3.82. The lowest BCUT2D eigenvalue weighted by atomic mass is 10.1. The predicted molar refractivity (Wildman–Crippen MR) is 134 cm³/mol. The average Bonchev–Trinajstić information content (AvgIpc) is 3.24. The Balaban J connectivity index is 1.59. The maximum atomic E-state index is 13.6. The van der Waals surface area contributed by atoms with Crippen molar-refractivity contribution in [2.45, 2.75) is 13.3 Å². The highest BCUT2D eigenvalue weighted by atomic mass is 35.5. The number of hydrogen-bond acceptors (Lipinski definition) is 6. The molecule has 1 aliphatic rings. The molecular weight excluding hydrogens is 444 g/mol. The summed E-state index contributed by atoms with van der Waals surface area (Å²) in [5.41, 5.74) is 3.54. The highest BCUT2D eigenvalue weighted by molar-refractivity contribution is 7.22. The second kappa shape index (κ2) is 10.2. The molecule has 0 spiro atoms. The third kappa shape index (κ3) is 5.07. The van der Waals surface area contributed by atoms with Gasteiger partial charge in [-0.05, 0) is 55.3 Å². The molecule has 3 aromatic rings. The molecule has 2 heterocycles. The first kappa shape index (κ1) is 23.0. The van der Waals surface area contributed by atoms with Crippen LogP contribution in [0.3, 0.4) is 0 Å². The van der Waals surface area contributed by atoms with Gasteiger partial charge in [0.1, 0.15) is 0 Å². The summed E-state index contributed by atoms with van der Waals surface area (Å²) in [5.74, 6) is -0.0277. The van der Waals surface area contributed by atoms with Crippen molar-refractivity contribution in [2.75, 3.05) is 63.3 Å². The van der Waals surface area contributed by atoms with Crippen molar-refractivity contribution < 1.29 is 9.53 Å². The lowest BCUT2D eigenvalue weighted by molar-refractivity contribution is 0.0376. The number of rotatable bonds is 7. The van der Waals surface area contributed by atoms with E-state index in [-0.39, 0.29) is 5.91 Å². The van der Waals surface area contributed by atoms with Crippen LogP contribution in [0.1, 0.15) is 22.3 Å². The summed E-state index contributed by atoms with van der Waals surface area (Å²) in [6.45, 7) is 6.95. The number of ether oxygens (including phenoxy) is 1. The topological polar surface area (TPSA) is 48.9 Å². The Labute approximate surface area is 198 Å². The molecular formula is C24H29ClN4O2S. The number of aromatic nitrogens is 1. The second-order valence-electron chi connectivity index (χ2n) is 8.22. The molecule has 6 nitrogen and oxygen atoms in total. The van der Waals surface area contributed by atoms with E-state index in [9.17, 15) is 4.79 Å². The maximum absolute atomic E-state index is 13.6. The number of carbonyl (C=O) groups is 1. The number of benzene rings is 2. The molecule has 0 aliphatic carbocycles. The minimum atomic E-state index is -0.0277. The predicted octanol–water partition coefficient (Wildman–Crippen LogP) is 4.69. The minimum Gasteiger partial charge on any atom is -0.379 e. The average molecular weight is 473 g/mol. The van der Waals surface area contributed by atoms with E-state index in [1.165, 1.54) is 11.3 Å². The molecule has 0 radical (unpaired) electrons. The summed E-state index contributed by atoms with van der Waals surface area (Å²) in [4.78, 5) is 24.6. The molecule has 4 rings (SSSR count). The van der Waals surface area contributed by atoms with E-state index in [1.54, 1.807) is 0 Å². The maximum Gasteiger partial charge on any atom is 0.260 e. The van der Waals surface area contributed by atoms with E-state index in [2.05, 4.69) is 4.90 Å². The van der Waals surface area contributed by atoms with Gasteiger partial charge in [0.2, 0.25) is 0 Å². The summed E-state index contributed by atoms with van der Waals surface area (Å²) in [6.07, 6.45) is 0.872. The molecule has 2 aromatic carbocycles. The van der Waals surface area contributed by atoms with E-state index < -0.39 is 0 Å². The second-order valence-corrected chi connectivity index (χ2v) is 9.64. The number of aryl methyl sites for hydroxylation is 1. The number of thiazole rings is 1. The van der Waals surface area contributed by atoms with E-state index in [1.807, 2.05) is 67.2 Å². The van der Waals surface area contributed by atoms with E-state index in [0.29, 0.717) is 22.3 Å². The van der Waals surface area contributed by atoms with Gasteiger partial charge < -0.3 is 9.64 Å². The number of fused-ring (bicyclic) bond motifs is 1. The SMILES string of the molecule is Cc1c(Cl)ccc2sc(N(CCCN3CCOCC3)C(=O)c3ccc(N(C)C)cc3)nc12. The van der Waals surface area contributed by atoms with Crippen molar-refractivity contribution in [1.82, 2.24) is 9.88 Å². The van der Waals surface area contributed by atoms with Gasteiger partial charge in [-0.1, -0.05) is 22.9 Å². The third-order valence-electron chi connectivity index (χ3n) is 5.80. The Hall–Kier alpha value is -2.19. The Morgan fingerprint density at radius 1 is 1.16 bits per heavy atom. The zero-order valence-corrected chi connectivity index (χ0v) is 20.4. The Morgan fingerprint density at radius 2 is 1.88 bits per heavy atom. The first-order valence-corrected chi connectivity index (χ1v) is 12.1. The van der Waals surface area contributed by atoms with Gasteiger partial charge in [0.15, 0.2) is 5.13 Å². The Bertz CT molecular complexity index is 1080. The molecule has 32 heavy (non-hydrogen) atoms. The first-order chi connectivity index (χ1) is 15.4. The van der Waals surface area contributed by atoms with Gasteiger partial charge in [-0.25, -0.2) is 4.98 Å². The molecule has 1 aliphatic heterocycles. The number of morpholine rings is 1. The largest absolute Gasteiger partial charge is 0.379 e. The Morgan fingerprint density at radius 3 is 2.56 bits per heavy atom. The lowest BCUT2D eigenvalue weighted by Crippen LogP contribution is -2.39. The number of anilines is 2. The molecule has 1 amide bonds. The molecule has 0 atom stereocenters. The van der Waals surface area contributed by atoms with Gasteiger partial charge in [0.05, 0.1) is 23.4 Å². The summed E-state index contributed by atoms with van der Waals surface area (Å²) in [5, 5.41) is 1.41. The van der Waals surface area contributed by atoms with Crippen LogP contribution in [0.2, 0.25) is 5.02 Å². The van der Waals surface area contributed by atoms with Crippen molar-refractivity contribution in [3.63, 3.8) is 0 Å². The summed E-state index contributed by atoms with van der Waals surface area (Å²) in [6, 6.07) is 11.6. The van der Waals surface area contributed by atoms with Crippen LogP contribution in [0.5, 0.6) is 0 Å². The van der Waals surface area contributed by atoms with Gasteiger partial charge in [-0.3, -0.25) is 14.6 Å². The summed E-state index contributed by atoms with van der Waals surface area (Å²) >= 11 is 7.85. The van der Waals surface area contributed by atoms with Crippen LogP contribution >= 0.6 is 22.9 Å². The zero-order valence-electron chi connectivity index (χ0n) is 18.8. The van der Waals surface area contributed by atoms with Crippen LogP contribution in [0.4, 0.5) is 10.8 Å². The highest BCUT2D eigenvalue weighted by Gasteiger charge is 2.22. The molecule has 1 aromatic heterocycles. The standard InChI is InChI=1S/C24H29ClN4O2S/c1-17-20(25)9-10-21-22(17)26-24(32-21)29(12-4-11-28-13-15-31-16-14-28)23(30)18-5-7-19(8-6-18)27(2)3/h5-10H,4,11-16H2,1-3H3. The van der Waals surface area contributed by atoms with Crippen molar-refractivity contribution >= 4 is 49.9 Å². The Kier molecular flexibility index (Phi) is 7.30. The highest BCUT2D eigenvalue weighted by Crippen LogP contribution is 2.34. The van der Waals surface area contributed by atoms with Gasteiger partial charge in [0.25, 0.3) is 5.91 Å². The van der Waals surface area contributed by atoms with Gasteiger partial charge in [-0.2, -0.15) is 0 Å². The summed E-state index contributed by atoms with van der Waals surface area (Å²) < 4.78 is 6.48. The molecule has 0 unspecified atom stereocenters. The minimum absolute atomic E-state index is 0.0277. The molecule has 0 bridgehead atoms. The molecule has 1 fully saturated rings. The van der Waals surface area contributed by atoms with Crippen LogP contribution in [0.25, 0.3) is 10.2 Å². The normalized spacial score (nSPS) is 14.6. The van der Waals surface area contributed by atoms with Gasteiger partial charge in [0, 0.05) is 56.5 Å². The zero-order chi connectivity index (χ0) is 22.7. The quantitative estimate of drug-likeness (QED) is 0.499. The van der Waals surface area contributed by atoms with Crippen molar-refractivity contribution in [3.8, 4) is 0 Å². The first-order valence-electron chi connectivity index (χ1n) is 10.9. The van der Waals surface area contributed by atoms with E-state index >= 15 is 0 Å². The van der Waals surface area contributed by atoms with E-state index in [4.69, 9.17) is 21.3 Å². The van der Waals surface area contributed by atoms with Crippen LogP contribution < -0.4 is 9.80 Å². The van der Waals surface area contributed by atoms with Crippen LogP contribution in [-0.4, -0.2) is 69.3 Å². The number of halogens is 1. The smallest absolute Gasteiger partial charge is 0.260 e. The third-order valence-corrected chi connectivity index (χ3v) is 7.26. The van der Waals surface area contributed by atoms with Crippen LogP contribution in [-0.2, 0) is 4.74 Å². The number of carbonyl (C=O) groups excluding carboxylic acids is 1. The molecule has 1 saturated heterocycles. The number of amides is 1. The number of nitrogens with zero attached hydrogens (tertiary/aromatic N) is 4. The van der Waals surface area contributed by atoms with Crippen molar-refractivity contribution in [3.05, 3.63) is 52.5 Å². The van der Waals surface area contributed by atoms with Crippen molar-refractivity contribution in [2.24, 2.45) is 0 Å². The van der Waals surface area contributed by atoms with Gasteiger partial charge >= 0.3 is 0 Å². The van der Waals surface area contributed by atoms with Crippen LogP contribution in [0, 0.1) is 6.92 Å². The summed E-state index contributed by atoms with van der Waals surface area (Å²) in [7, 11) is 3.98. The van der Waals surface area contributed by atoms with E-state index in [0.717, 1.165) is 60.7 Å². The van der Waals surface area contributed by atoms with Crippen molar-refractivity contribution in [1.29, 1.82) is 0 Å². The van der Waals surface area contributed by atoms with Crippen LogP contribution in [0.15, 0.2) is 36.4 Å². The fraction of sp³-hybridized carbons (Fsp3) is 0.417.